The van der Waals surface area contributed by atoms with E-state index in [0.717, 1.165) is 11.3 Å². The Morgan fingerprint density at radius 2 is 1.80 bits per heavy atom. The van der Waals surface area contributed by atoms with Crippen molar-refractivity contribution in [3.8, 4) is 23.0 Å². The standard InChI is InChI=1S/C20H22F2N2O5S/c1-26-15-11-17(28-3)16(27-2)10-14(15)18-24(7-8-30-18)20(25)23-12-5-4-6-13(9-12)29-19(21)22/h4-6,9-11,18-19H,7-8H2,1-3H3,(H,23,25). The Balaban J connectivity index is 1.83. The van der Waals surface area contributed by atoms with Gasteiger partial charge in [0.2, 0.25) is 0 Å². The summed E-state index contributed by atoms with van der Waals surface area (Å²) in [4.78, 5) is 14.6. The monoisotopic (exact) mass is 440 g/mol. The minimum absolute atomic E-state index is 0.0308. The average Bonchev–Trinajstić information content (AvgIpc) is 3.22. The third-order valence-electron chi connectivity index (χ3n) is 4.46. The van der Waals surface area contributed by atoms with Gasteiger partial charge in [-0.3, -0.25) is 0 Å². The molecule has 0 aromatic heterocycles. The lowest BCUT2D eigenvalue weighted by atomic mass is 10.1. The highest BCUT2D eigenvalue weighted by Gasteiger charge is 2.33. The van der Waals surface area contributed by atoms with E-state index in [9.17, 15) is 13.6 Å². The zero-order valence-electron chi connectivity index (χ0n) is 16.7. The predicted molar refractivity (Wildman–Crippen MR) is 110 cm³/mol. The molecule has 1 atom stereocenters. The molecule has 2 aromatic rings. The first kappa shape index (κ1) is 21.8. The molecule has 10 heteroatoms. The van der Waals surface area contributed by atoms with Crippen LogP contribution in [0.2, 0.25) is 0 Å². The third-order valence-corrected chi connectivity index (χ3v) is 5.71. The van der Waals surface area contributed by atoms with Gasteiger partial charge in [0.05, 0.1) is 21.3 Å². The summed E-state index contributed by atoms with van der Waals surface area (Å²) in [6.45, 7) is -2.43. The maximum Gasteiger partial charge on any atom is 0.387 e. The van der Waals surface area contributed by atoms with E-state index in [2.05, 4.69) is 10.1 Å². The van der Waals surface area contributed by atoms with Crippen molar-refractivity contribution in [3.05, 3.63) is 42.0 Å². The number of hydrogen-bond donors (Lipinski definition) is 1. The Kier molecular flexibility index (Phi) is 7.09. The van der Waals surface area contributed by atoms with Crippen LogP contribution in [-0.4, -0.2) is 51.2 Å². The number of thioether (sulfide) groups is 1. The normalized spacial score (nSPS) is 15.8. The molecule has 2 aromatic carbocycles. The fourth-order valence-corrected chi connectivity index (χ4v) is 4.40. The van der Waals surface area contributed by atoms with Gasteiger partial charge in [-0.15, -0.1) is 11.8 Å². The molecule has 0 aliphatic carbocycles. The highest BCUT2D eigenvalue weighted by molar-refractivity contribution is 7.99. The van der Waals surface area contributed by atoms with Crippen molar-refractivity contribution < 1.29 is 32.5 Å². The Bertz CT molecular complexity index is 899. The van der Waals surface area contributed by atoms with Gasteiger partial charge in [0.1, 0.15) is 16.9 Å². The Morgan fingerprint density at radius 3 is 2.47 bits per heavy atom. The molecule has 0 spiro atoms. The molecule has 1 unspecified atom stereocenters. The summed E-state index contributed by atoms with van der Waals surface area (Å²) in [6.07, 6.45) is 0. The van der Waals surface area contributed by atoms with Gasteiger partial charge in [-0.05, 0) is 18.2 Å². The van der Waals surface area contributed by atoms with Crippen LogP contribution in [0.5, 0.6) is 23.0 Å². The molecule has 0 radical (unpaired) electrons. The van der Waals surface area contributed by atoms with Crippen molar-refractivity contribution >= 4 is 23.5 Å². The number of ether oxygens (including phenoxy) is 4. The second-order valence-corrected chi connectivity index (χ2v) is 7.39. The van der Waals surface area contributed by atoms with Gasteiger partial charge in [0.15, 0.2) is 11.5 Å². The molecule has 0 saturated carbocycles. The molecule has 0 bridgehead atoms. The van der Waals surface area contributed by atoms with Crippen molar-refractivity contribution in [1.29, 1.82) is 0 Å². The van der Waals surface area contributed by atoms with E-state index in [0.29, 0.717) is 29.5 Å². The second kappa shape index (κ2) is 9.75. The molecule has 2 amide bonds. The largest absolute Gasteiger partial charge is 0.496 e. The molecule has 1 heterocycles. The van der Waals surface area contributed by atoms with Crippen LogP contribution >= 0.6 is 11.8 Å². The molecular formula is C20H22F2N2O5S. The number of nitrogens with zero attached hydrogens (tertiary/aromatic N) is 1. The van der Waals surface area contributed by atoms with Crippen LogP contribution in [0.15, 0.2) is 36.4 Å². The van der Waals surface area contributed by atoms with Crippen LogP contribution in [0, 0.1) is 0 Å². The van der Waals surface area contributed by atoms with Gasteiger partial charge in [-0.25, -0.2) is 4.79 Å². The Labute approximate surface area is 177 Å². The minimum atomic E-state index is -2.94. The van der Waals surface area contributed by atoms with Crippen LogP contribution in [0.25, 0.3) is 0 Å². The summed E-state index contributed by atoms with van der Waals surface area (Å²) in [5.74, 6) is 2.31. The minimum Gasteiger partial charge on any atom is -0.496 e. The number of carbonyl (C=O) groups is 1. The Hall–Kier alpha value is -2.88. The van der Waals surface area contributed by atoms with Crippen molar-refractivity contribution in [3.63, 3.8) is 0 Å². The zero-order chi connectivity index (χ0) is 21.7. The molecule has 162 valence electrons. The summed E-state index contributed by atoms with van der Waals surface area (Å²) in [6, 6.07) is 9.01. The van der Waals surface area contributed by atoms with Gasteiger partial charge in [-0.1, -0.05) is 6.07 Å². The quantitative estimate of drug-likeness (QED) is 0.679. The number of hydrogen-bond acceptors (Lipinski definition) is 6. The van der Waals surface area contributed by atoms with E-state index in [4.69, 9.17) is 14.2 Å². The summed E-state index contributed by atoms with van der Waals surface area (Å²) in [7, 11) is 4.62. The van der Waals surface area contributed by atoms with Crippen molar-refractivity contribution in [1.82, 2.24) is 4.90 Å². The van der Waals surface area contributed by atoms with E-state index in [1.165, 1.54) is 32.4 Å². The molecule has 1 N–H and O–H groups in total. The summed E-state index contributed by atoms with van der Waals surface area (Å²) in [5.41, 5.74) is 1.12. The number of benzene rings is 2. The molecular weight excluding hydrogens is 418 g/mol. The van der Waals surface area contributed by atoms with E-state index in [1.54, 1.807) is 42.0 Å². The smallest absolute Gasteiger partial charge is 0.387 e. The van der Waals surface area contributed by atoms with E-state index >= 15 is 0 Å². The van der Waals surface area contributed by atoms with Gasteiger partial charge in [0, 0.05) is 35.7 Å². The number of halogens is 2. The van der Waals surface area contributed by atoms with Crippen molar-refractivity contribution in [2.45, 2.75) is 12.0 Å². The van der Waals surface area contributed by atoms with Gasteiger partial charge >= 0.3 is 12.6 Å². The molecule has 1 fully saturated rings. The SMILES string of the molecule is COc1cc(OC)c(C2SCCN2C(=O)Nc2cccc(OC(F)F)c2)cc1OC. The summed E-state index contributed by atoms with van der Waals surface area (Å²) >= 11 is 1.58. The van der Waals surface area contributed by atoms with Gasteiger partial charge < -0.3 is 29.2 Å². The molecule has 1 saturated heterocycles. The first-order valence-corrected chi connectivity index (χ1v) is 10.1. The van der Waals surface area contributed by atoms with E-state index in [1.807, 2.05) is 0 Å². The van der Waals surface area contributed by atoms with Crippen LogP contribution in [0.3, 0.4) is 0 Å². The summed E-state index contributed by atoms with van der Waals surface area (Å²) in [5, 5.41) is 2.42. The molecule has 30 heavy (non-hydrogen) atoms. The van der Waals surface area contributed by atoms with Gasteiger partial charge in [0.25, 0.3) is 0 Å². The predicted octanol–water partition coefficient (Wildman–Crippen LogP) is 4.59. The highest BCUT2D eigenvalue weighted by atomic mass is 32.2. The van der Waals surface area contributed by atoms with Crippen LogP contribution in [0.4, 0.5) is 19.3 Å². The number of carbonyl (C=O) groups excluding carboxylic acids is 1. The van der Waals surface area contributed by atoms with Crippen molar-refractivity contribution in [2.75, 3.05) is 38.9 Å². The lowest BCUT2D eigenvalue weighted by Gasteiger charge is -2.26. The maximum atomic E-state index is 12.9. The third kappa shape index (κ3) is 4.81. The van der Waals surface area contributed by atoms with Gasteiger partial charge in [-0.2, -0.15) is 8.78 Å². The van der Waals surface area contributed by atoms with Crippen LogP contribution in [0.1, 0.15) is 10.9 Å². The lowest BCUT2D eigenvalue weighted by molar-refractivity contribution is -0.0498. The Morgan fingerprint density at radius 1 is 1.10 bits per heavy atom. The number of urea groups is 1. The summed E-state index contributed by atoms with van der Waals surface area (Å²) < 4.78 is 45.5. The molecule has 3 rings (SSSR count). The zero-order valence-corrected chi connectivity index (χ0v) is 17.5. The van der Waals surface area contributed by atoms with E-state index in [-0.39, 0.29) is 17.2 Å². The number of rotatable bonds is 7. The first-order chi connectivity index (χ1) is 14.5. The molecule has 1 aliphatic heterocycles. The fraction of sp³-hybridized carbons (Fsp3) is 0.350. The lowest BCUT2D eigenvalue weighted by Crippen LogP contribution is -2.34. The highest BCUT2D eigenvalue weighted by Crippen LogP contribution is 2.46. The number of methoxy groups -OCH3 is 3. The second-order valence-electron chi connectivity index (χ2n) is 6.20. The fourth-order valence-electron chi connectivity index (χ4n) is 3.13. The first-order valence-electron chi connectivity index (χ1n) is 9.00. The molecule has 1 aliphatic rings. The maximum absolute atomic E-state index is 12.9. The molecule has 7 nitrogen and oxygen atoms in total. The van der Waals surface area contributed by atoms with Crippen LogP contribution < -0.4 is 24.3 Å². The average molecular weight is 440 g/mol. The number of anilines is 1. The van der Waals surface area contributed by atoms with E-state index < -0.39 is 6.61 Å². The number of alkyl halides is 2. The number of amides is 2. The topological polar surface area (TPSA) is 69.3 Å². The van der Waals surface area contributed by atoms with Crippen molar-refractivity contribution in [2.24, 2.45) is 0 Å². The van der Waals surface area contributed by atoms with Crippen LogP contribution in [-0.2, 0) is 0 Å². The number of nitrogens with one attached hydrogen (secondary N) is 1.